The first-order valence-electron chi connectivity index (χ1n) is 7.61. The number of nitrogens with zero attached hydrogens (tertiary/aromatic N) is 2. The molecule has 1 fully saturated rings. The number of halogens is 1. The maximum Gasteiger partial charge on any atom is 0.409 e. The number of hydrogen-bond donors (Lipinski definition) is 0. The van der Waals surface area contributed by atoms with Gasteiger partial charge in [0.2, 0.25) is 0 Å². The van der Waals surface area contributed by atoms with Crippen LogP contribution < -0.4 is 4.74 Å². The van der Waals surface area contributed by atoms with Crippen molar-refractivity contribution in [3.63, 3.8) is 0 Å². The highest BCUT2D eigenvalue weighted by molar-refractivity contribution is 6.32. The first-order valence-corrected chi connectivity index (χ1v) is 7.99. The normalized spacial score (nSPS) is 15.1. The van der Waals surface area contributed by atoms with Gasteiger partial charge in [-0.05, 0) is 31.5 Å². The monoisotopic (exact) mass is 340 g/mol. The van der Waals surface area contributed by atoms with Crippen LogP contribution in [-0.2, 0) is 4.74 Å². The lowest BCUT2D eigenvalue weighted by Gasteiger charge is -2.22. The second-order valence-corrected chi connectivity index (χ2v) is 5.59. The zero-order chi connectivity index (χ0) is 16.8. The Kier molecular flexibility index (Phi) is 6.10. The van der Waals surface area contributed by atoms with Crippen molar-refractivity contribution in [3.8, 4) is 5.75 Å². The molecule has 2 rings (SSSR count). The van der Waals surface area contributed by atoms with E-state index in [0.717, 1.165) is 0 Å². The molecule has 0 N–H and O–H groups in total. The molecular weight excluding hydrogens is 320 g/mol. The Balaban J connectivity index is 2.03. The molecule has 0 saturated carbocycles. The zero-order valence-electron chi connectivity index (χ0n) is 13.4. The van der Waals surface area contributed by atoms with E-state index < -0.39 is 0 Å². The standard InChI is InChI=1S/C16H21ClN2O4/c1-3-23-16(21)19-8-4-7-18(9-10-19)15(20)12-5-6-14(22-2)13(17)11-12/h5-6,11H,3-4,7-10H2,1-2H3. The van der Waals surface area contributed by atoms with Gasteiger partial charge in [0.1, 0.15) is 5.75 Å². The Morgan fingerprint density at radius 1 is 1.17 bits per heavy atom. The van der Waals surface area contributed by atoms with Crippen molar-refractivity contribution >= 4 is 23.6 Å². The molecule has 23 heavy (non-hydrogen) atoms. The topological polar surface area (TPSA) is 59.1 Å². The predicted octanol–water partition coefficient (Wildman–Crippen LogP) is 2.65. The fraction of sp³-hybridized carbons (Fsp3) is 0.500. The Morgan fingerprint density at radius 3 is 2.52 bits per heavy atom. The van der Waals surface area contributed by atoms with Crippen molar-refractivity contribution in [1.29, 1.82) is 0 Å². The van der Waals surface area contributed by atoms with Gasteiger partial charge in [-0.15, -0.1) is 0 Å². The molecule has 0 bridgehead atoms. The Labute approximate surface area is 140 Å². The number of rotatable bonds is 3. The number of benzene rings is 1. The van der Waals surface area contributed by atoms with E-state index in [-0.39, 0.29) is 12.0 Å². The number of carbonyl (C=O) groups is 2. The SMILES string of the molecule is CCOC(=O)N1CCCN(C(=O)c2ccc(OC)c(Cl)c2)CC1. The lowest BCUT2D eigenvalue weighted by atomic mass is 10.2. The van der Waals surface area contributed by atoms with Crippen molar-refractivity contribution < 1.29 is 19.1 Å². The Bertz CT molecular complexity index is 579. The van der Waals surface area contributed by atoms with Crippen LogP contribution in [0.4, 0.5) is 4.79 Å². The third kappa shape index (κ3) is 4.28. The lowest BCUT2D eigenvalue weighted by molar-refractivity contribution is 0.0753. The molecule has 7 heteroatoms. The van der Waals surface area contributed by atoms with Crippen LogP contribution in [0.2, 0.25) is 5.02 Å². The summed E-state index contributed by atoms with van der Waals surface area (Å²) in [6.45, 7) is 4.25. The van der Waals surface area contributed by atoms with E-state index in [0.29, 0.717) is 55.5 Å². The summed E-state index contributed by atoms with van der Waals surface area (Å²) >= 11 is 6.08. The number of carbonyl (C=O) groups excluding carboxylic acids is 2. The van der Waals surface area contributed by atoms with Gasteiger partial charge < -0.3 is 19.3 Å². The van der Waals surface area contributed by atoms with E-state index in [1.807, 2.05) is 0 Å². The minimum atomic E-state index is -0.325. The van der Waals surface area contributed by atoms with Gasteiger partial charge in [0, 0.05) is 31.7 Å². The molecule has 1 aromatic carbocycles. The molecule has 0 aliphatic carbocycles. The van der Waals surface area contributed by atoms with Gasteiger partial charge in [0.15, 0.2) is 0 Å². The van der Waals surface area contributed by atoms with Gasteiger partial charge in [-0.25, -0.2) is 4.79 Å². The first-order chi connectivity index (χ1) is 11.1. The van der Waals surface area contributed by atoms with Gasteiger partial charge in [-0.2, -0.15) is 0 Å². The number of hydrogen-bond acceptors (Lipinski definition) is 4. The van der Waals surface area contributed by atoms with Gasteiger partial charge in [0.05, 0.1) is 18.7 Å². The fourth-order valence-electron chi connectivity index (χ4n) is 2.50. The van der Waals surface area contributed by atoms with Crippen molar-refractivity contribution in [2.75, 3.05) is 39.9 Å². The largest absolute Gasteiger partial charge is 0.495 e. The van der Waals surface area contributed by atoms with E-state index in [2.05, 4.69) is 0 Å². The second-order valence-electron chi connectivity index (χ2n) is 5.18. The molecule has 6 nitrogen and oxygen atoms in total. The minimum absolute atomic E-state index is 0.0970. The summed E-state index contributed by atoms with van der Waals surface area (Å²) in [7, 11) is 1.53. The molecule has 1 aliphatic rings. The van der Waals surface area contributed by atoms with Gasteiger partial charge in [-0.3, -0.25) is 4.79 Å². The second kappa shape index (κ2) is 8.06. The average molecular weight is 341 g/mol. The summed E-state index contributed by atoms with van der Waals surface area (Å²) in [6, 6.07) is 4.98. The summed E-state index contributed by atoms with van der Waals surface area (Å²) in [6.07, 6.45) is 0.392. The van der Waals surface area contributed by atoms with E-state index in [1.54, 1.807) is 34.9 Å². The summed E-state index contributed by atoms with van der Waals surface area (Å²) in [5.74, 6) is 0.438. The number of methoxy groups -OCH3 is 1. The lowest BCUT2D eigenvalue weighted by Crippen LogP contribution is -2.37. The van der Waals surface area contributed by atoms with Crippen LogP contribution in [0.25, 0.3) is 0 Å². The maximum atomic E-state index is 12.6. The fourth-order valence-corrected chi connectivity index (χ4v) is 2.76. The minimum Gasteiger partial charge on any atom is -0.495 e. The predicted molar refractivity (Wildman–Crippen MR) is 87.1 cm³/mol. The van der Waals surface area contributed by atoms with E-state index >= 15 is 0 Å². The molecule has 0 aromatic heterocycles. The van der Waals surface area contributed by atoms with E-state index in [9.17, 15) is 9.59 Å². The highest BCUT2D eigenvalue weighted by atomic mass is 35.5. The van der Waals surface area contributed by atoms with Crippen molar-refractivity contribution in [2.45, 2.75) is 13.3 Å². The molecule has 0 spiro atoms. The Morgan fingerprint density at radius 2 is 1.87 bits per heavy atom. The van der Waals surface area contributed by atoms with Crippen molar-refractivity contribution in [2.24, 2.45) is 0 Å². The smallest absolute Gasteiger partial charge is 0.409 e. The van der Waals surface area contributed by atoms with Crippen LogP contribution >= 0.6 is 11.6 Å². The molecule has 1 aliphatic heterocycles. The molecule has 0 atom stereocenters. The van der Waals surface area contributed by atoms with Crippen molar-refractivity contribution in [3.05, 3.63) is 28.8 Å². The summed E-state index contributed by atoms with van der Waals surface area (Å²) < 4.78 is 10.1. The number of ether oxygens (including phenoxy) is 2. The summed E-state index contributed by atoms with van der Waals surface area (Å²) in [5, 5.41) is 0.404. The molecule has 0 radical (unpaired) electrons. The van der Waals surface area contributed by atoms with Crippen LogP contribution in [0.3, 0.4) is 0 Å². The maximum absolute atomic E-state index is 12.6. The van der Waals surface area contributed by atoms with Crippen LogP contribution in [0.5, 0.6) is 5.75 Å². The quantitative estimate of drug-likeness (QED) is 0.848. The van der Waals surface area contributed by atoms with Crippen LogP contribution in [0.1, 0.15) is 23.7 Å². The summed E-state index contributed by atoms with van der Waals surface area (Å²) in [5.41, 5.74) is 0.514. The van der Waals surface area contributed by atoms with Gasteiger partial charge >= 0.3 is 6.09 Å². The highest BCUT2D eigenvalue weighted by Crippen LogP contribution is 2.25. The molecule has 1 saturated heterocycles. The molecule has 2 amide bonds. The zero-order valence-corrected chi connectivity index (χ0v) is 14.1. The molecule has 126 valence electrons. The highest BCUT2D eigenvalue weighted by Gasteiger charge is 2.23. The number of amides is 2. The third-order valence-electron chi connectivity index (χ3n) is 3.71. The Hall–Kier alpha value is -1.95. The average Bonchev–Trinajstić information content (AvgIpc) is 2.80. The summed E-state index contributed by atoms with van der Waals surface area (Å²) in [4.78, 5) is 27.8. The molecule has 1 heterocycles. The first kappa shape index (κ1) is 17.4. The van der Waals surface area contributed by atoms with E-state index in [4.69, 9.17) is 21.1 Å². The third-order valence-corrected chi connectivity index (χ3v) is 4.00. The molecular formula is C16H21ClN2O4. The van der Waals surface area contributed by atoms with Gasteiger partial charge in [0.25, 0.3) is 5.91 Å². The molecule has 1 aromatic rings. The molecule has 0 unspecified atom stereocenters. The van der Waals surface area contributed by atoms with Crippen LogP contribution in [0, 0.1) is 0 Å². The van der Waals surface area contributed by atoms with E-state index in [1.165, 1.54) is 7.11 Å². The van der Waals surface area contributed by atoms with Crippen LogP contribution in [-0.4, -0.2) is 61.7 Å². The van der Waals surface area contributed by atoms with Crippen LogP contribution in [0.15, 0.2) is 18.2 Å². The van der Waals surface area contributed by atoms with Crippen molar-refractivity contribution in [1.82, 2.24) is 9.80 Å². The van der Waals surface area contributed by atoms with Gasteiger partial charge in [-0.1, -0.05) is 11.6 Å².